The first-order valence-electron chi connectivity index (χ1n) is 6.10. The molecule has 0 fully saturated rings. The molecule has 0 aliphatic rings. The first-order chi connectivity index (χ1) is 9.71. The fourth-order valence-electron chi connectivity index (χ4n) is 1.76. The molecule has 0 aromatic carbocycles. The Kier molecular flexibility index (Phi) is 4.80. The van der Waals surface area contributed by atoms with Gasteiger partial charge in [-0.2, -0.15) is 0 Å². The number of methoxy groups -OCH3 is 1. The molecular weight excluding hydrogens is 280 g/mol. The van der Waals surface area contributed by atoms with Crippen LogP contribution in [0.25, 0.3) is 0 Å². The maximum atomic E-state index is 11.5. The summed E-state index contributed by atoms with van der Waals surface area (Å²) in [6.07, 6.45) is 1.47. The summed E-state index contributed by atoms with van der Waals surface area (Å²) < 4.78 is 11.7. The normalized spacial score (nSPS) is 10.8. The summed E-state index contributed by atoms with van der Waals surface area (Å²) in [5.41, 5.74) is 6.37. The van der Waals surface area contributed by atoms with E-state index in [9.17, 15) is 4.79 Å². The number of carbonyl (C=O) groups excluding carboxylic acids is 1. The third-order valence-electron chi connectivity index (χ3n) is 2.77. The minimum absolute atomic E-state index is 0.224. The number of hydrogen-bond donors (Lipinski definition) is 1. The van der Waals surface area contributed by atoms with Crippen molar-refractivity contribution >= 4 is 17.7 Å². The largest absolute Gasteiger partial charge is 0.463 e. The standard InChI is InChI=1S/C12H16N4O3S/c1-3-16-9(6-13)14-15-12(16)20-7-8-4-5-19-10(8)11(17)18-2/h4-5H,3,6-7,13H2,1-2H3. The van der Waals surface area contributed by atoms with Crippen molar-refractivity contribution in [3.05, 3.63) is 29.5 Å². The van der Waals surface area contributed by atoms with E-state index in [-0.39, 0.29) is 5.76 Å². The van der Waals surface area contributed by atoms with Gasteiger partial charge in [0.05, 0.1) is 19.9 Å². The van der Waals surface area contributed by atoms with E-state index < -0.39 is 5.97 Å². The number of rotatable bonds is 6. The number of ether oxygens (including phenoxy) is 1. The molecule has 2 rings (SSSR count). The lowest BCUT2D eigenvalue weighted by Crippen LogP contribution is -2.08. The molecule has 2 heterocycles. The van der Waals surface area contributed by atoms with Gasteiger partial charge in [-0.3, -0.25) is 0 Å². The van der Waals surface area contributed by atoms with Crippen LogP contribution in [-0.4, -0.2) is 27.8 Å². The van der Waals surface area contributed by atoms with Crippen molar-refractivity contribution in [2.24, 2.45) is 5.73 Å². The fraction of sp³-hybridized carbons (Fsp3) is 0.417. The van der Waals surface area contributed by atoms with E-state index in [0.717, 1.165) is 23.1 Å². The lowest BCUT2D eigenvalue weighted by atomic mass is 10.3. The molecule has 0 aliphatic heterocycles. The van der Waals surface area contributed by atoms with Crippen LogP contribution in [0.2, 0.25) is 0 Å². The number of nitrogens with zero attached hydrogens (tertiary/aromatic N) is 3. The Morgan fingerprint density at radius 3 is 3.00 bits per heavy atom. The van der Waals surface area contributed by atoms with Gasteiger partial charge >= 0.3 is 5.97 Å². The number of esters is 1. The number of hydrogen-bond acceptors (Lipinski definition) is 7. The van der Waals surface area contributed by atoms with Gasteiger partial charge in [-0.1, -0.05) is 11.8 Å². The molecule has 2 N–H and O–H groups in total. The van der Waals surface area contributed by atoms with Crippen molar-refractivity contribution in [3.8, 4) is 0 Å². The van der Waals surface area contributed by atoms with Crippen molar-refractivity contribution in [1.29, 1.82) is 0 Å². The predicted molar refractivity (Wildman–Crippen MR) is 73.2 cm³/mol. The molecule has 2 aromatic heterocycles. The zero-order chi connectivity index (χ0) is 14.5. The Balaban J connectivity index is 2.11. The van der Waals surface area contributed by atoms with Gasteiger partial charge in [-0.05, 0) is 13.0 Å². The SMILES string of the molecule is CCn1c(CN)nnc1SCc1ccoc1C(=O)OC. The zero-order valence-corrected chi connectivity index (χ0v) is 12.1. The molecule has 2 aromatic rings. The van der Waals surface area contributed by atoms with E-state index in [0.29, 0.717) is 12.3 Å². The number of thioether (sulfide) groups is 1. The van der Waals surface area contributed by atoms with Gasteiger partial charge < -0.3 is 19.5 Å². The maximum absolute atomic E-state index is 11.5. The second-order valence-corrected chi connectivity index (χ2v) is 4.84. The molecule has 0 saturated heterocycles. The molecule has 8 heteroatoms. The Morgan fingerprint density at radius 2 is 2.35 bits per heavy atom. The summed E-state index contributed by atoms with van der Waals surface area (Å²) in [5, 5.41) is 8.90. The van der Waals surface area contributed by atoms with E-state index in [1.165, 1.54) is 25.1 Å². The quantitative estimate of drug-likeness (QED) is 0.636. The van der Waals surface area contributed by atoms with Crippen LogP contribution in [0.1, 0.15) is 28.9 Å². The second-order valence-electron chi connectivity index (χ2n) is 3.90. The predicted octanol–water partition coefficient (Wildman–Crippen LogP) is 1.43. The molecule has 7 nitrogen and oxygen atoms in total. The number of nitrogens with two attached hydrogens (primary N) is 1. The number of furan rings is 1. The molecule has 108 valence electrons. The molecule has 0 amide bonds. The number of aromatic nitrogens is 3. The van der Waals surface area contributed by atoms with Crippen molar-refractivity contribution < 1.29 is 13.9 Å². The third kappa shape index (κ3) is 2.86. The summed E-state index contributed by atoms with van der Waals surface area (Å²) in [5.74, 6) is 1.03. The lowest BCUT2D eigenvalue weighted by Gasteiger charge is -2.05. The van der Waals surface area contributed by atoms with E-state index in [2.05, 4.69) is 14.9 Å². The molecule has 20 heavy (non-hydrogen) atoms. The molecule has 0 unspecified atom stereocenters. The van der Waals surface area contributed by atoms with Gasteiger partial charge in [0.2, 0.25) is 5.76 Å². The van der Waals surface area contributed by atoms with Crippen LogP contribution in [0.5, 0.6) is 0 Å². The first-order valence-corrected chi connectivity index (χ1v) is 7.09. The molecular formula is C12H16N4O3S. The highest BCUT2D eigenvalue weighted by Gasteiger charge is 2.17. The fourth-order valence-corrected chi connectivity index (χ4v) is 2.76. The Morgan fingerprint density at radius 1 is 1.55 bits per heavy atom. The Labute approximate surface area is 120 Å². The zero-order valence-electron chi connectivity index (χ0n) is 11.3. The van der Waals surface area contributed by atoms with Crippen molar-refractivity contribution in [1.82, 2.24) is 14.8 Å². The van der Waals surface area contributed by atoms with Crippen LogP contribution in [0.15, 0.2) is 21.9 Å². The van der Waals surface area contributed by atoms with Crippen LogP contribution in [-0.2, 0) is 23.6 Å². The highest BCUT2D eigenvalue weighted by molar-refractivity contribution is 7.98. The third-order valence-corrected chi connectivity index (χ3v) is 3.78. The van der Waals surface area contributed by atoms with E-state index >= 15 is 0 Å². The summed E-state index contributed by atoms with van der Waals surface area (Å²) in [6.45, 7) is 3.10. The molecule has 0 spiro atoms. The Bertz CT molecular complexity index is 593. The second kappa shape index (κ2) is 6.58. The smallest absolute Gasteiger partial charge is 0.374 e. The van der Waals surface area contributed by atoms with Crippen molar-refractivity contribution in [3.63, 3.8) is 0 Å². The highest BCUT2D eigenvalue weighted by Crippen LogP contribution is 2.24. The summed E-state index contributed by atoms with van der Waals surface area (Å²) in [4.78, 5) is 11.5. The van der Waals surface area contributed by atoms with E-state index in [4.69, 9.17) is 10.2 Å². The minimum atomic E-state index is -0.481. The van der Waals surface area contributed by atoms with Crippen LogP contribution < -0.4 is 5.73 Å². The first kappa shape index (κ1) is 14.6. The van der Waals surface area contributed by atoms with Crippen LogP contribution in [0, 0.1) is 0 Å². The summed E-state index contributed by atoms with van der Waals surface area (Å²) >= 11 is 1.47. The van der Waals surface area contributed by atoms with E-state index in [1.807, 2.05) is 11.5 Å². The van der Waals surface area contributed by atoms with Gasteiger partial charge in [0.1, 0.15) is 5.82 Å². The van der Waals surface area contributed by atoms with Crippen LogP contribution in [0.3, 0.4) is 0 Å². The van der Waals surface area contributed by atoms with Gasteiger partial charge in [0.15, 0.2) is 5.16 Å². The average molecular weight is 296 g/mol. The summed E-state index contributed by atoms with van der Waals surface area (Å²) in [7, 11) is 1.32. The van der Waals surface area contributed by atoms with Crippen molar-refractivity contribution in [2.75, 3.05) is 7.11 Å². The molecule has 0 atom stereocenters. The van der Waals surface area contributed by atoms with Gasteiger partial charge in [0, 0.05) is 17.9 Å². The van der Waals surface area contributed by atoms with Crippen LogP contribution >= 0.6 is 11.8 Å². The van der Waals surface area contributed by atoms with Gasteiger partial charge in [-0.25, -0.2) is 4.79 Å². The molecule has 0 radical (unpaired) electrons. The number of carbonyl (C=O) groups is 1. The topological polar surface area (TPSA) is 96.2 Å². The molecule has 0 bridgehead atoms. The average Bonchev–Trinajstić information content (AvgIpc) is 3.09. The monoisotopic (exact) mass is 296 g/mol. The lowest BCUT2D eigenvalue weighted by molar-refractivity contribution is 0.0564. The maximum Gasteiger partial charge on any atom is 0.374 e. The van der Waals surface area contributed by atoms with Crippen LogP contribution in [0.4, 0.5) is 0 Å². The van der Waals surface area contributed by atoms with Crippen molar-refractivity contribution in [2.45, 2.75) is 30.9 Å². The summed E-state index contributed by atoms with van der Waals surface area (Å²) in [6, 6.07) is 1.75. The van der Waals surface area contributed by atoms with Gasteiger partial charge in [-0.15, -0.1) is 10.2 Å². The minimum Gasteiger partial charge on any atom is -0.463 e. The van der Waals surface area contributed by atoms with Gasteiger partial charge in [0.25, 0.3) is 0 Å². The van der Waals surface area contributed by atoms with E-state index in [1.54, 1.807) is 6.07 Å². The molecule has 0 aliphatic carbocycles. The molecule has 0 saturated carbocycles. The highest BCUT2D eigenvalue weighted by atomic mass is 32.2. The Hall–Kier alpha value is -1.80.